The van der Waals surface area contributed by atoms with Crippen LogP contribution in [0.5, 0.6) is 0 Å². The normalized spacial score (nSPS) is 17.9. The fourth-order valence-electron chi connectivity index (χ4n) is 2.05. The van der Waals surface area contributed by atoms with Gasteiger partial charge in [-0.3, -0.25) is 9.48 Å². The molecule has 0 aliphatic heterocycles. The third-order valence-electron chi connectivity index (χ3n) is 3.72. The predicted molar refractivity (Wildman–Crippen MR) is 76.0 cm³/mol. The molecule has 1 aliphatic rings. The summed E-state index contributed by atoms with van der Waals surface area (Å²) in [5, 5.41) is 4.18. The van der Waals surface area contributed by atoms with Crippen LogP contribution in [0.1, 0.15) is 56.6 Å². The molecular formula is C13H21N3O3S. The van der Waals surface area contributed by atoms with Gasteiger partial charge in [0.2, 0.25) is 10.0 Å². The Morgan fingerprint density at radius 2 is 1.95 bits per heavy atom. The minimum Gasteiger partial charge on any atom is -0.268 e. The van der Waals surface area contributed by atoms with Crippen molar-refractivity contribution < 1.29 is 13.2 Å². The van der Waals surface area contributed by atoms with Crippen LogP contribution in [0.15, 0.2) is 6.20 Å². The topological polar surface area (TPSA) is 81.1 Å². The molecule has 1 fully saturated rings. The number of sulfonamides is 1. The highest BCUT2D eigenvalue weighted by molar-refractivity contribution is 7.91. The van der Waals surface area contributed by atoms with Gasteiger partial charge < -0.3 is 0 Å². The largest absolute Gasteiger partial charge is 0.268 e. The molecule has 0 bridgehead atoms. The Balaban J connectivity index is 2.25. The quantitative estimate of drug-likeness (QED) is 0.918. The van der Waals surface area contributed by atoms with Crippen molar-refractivity contribution in [3.8, 4) is 0 Å². The van der Waals surface area contributed by atoms with E-state index in [1.165, 1.54) is 6.20 Å². The maximum atomic E-state index is 12.2. The van der Waals surface area contributed by atoms with Gasteiger partial charge in [0.05, 0.1) is 22.0 Å². The van der Waals surface area contributed by atoms with Gasteiger partial charge in [0.15, 0.2) is 0 Å². The van der Waals surface area contributed by atoms with Crippen molar-refractivity contribution >= 4 is 15.9 Å². The first kappa shape index (κ1) is 15.0. The number of carbonyl (C=O) groups excluding carboxylic acids is 1. The van der Waals surface area contributed by atoms with Crippen LogP contribution in [0, 0.1) is 6.92 Å². The fourth-order valence-corrected chi connectivity index (χ4v) is 3.29. The van der Waals surface area contributed by atoms with E-state index in [0.29, 0.717) is 24.1 Å². The first-order chi connectivity index (χ1) is 8.98. The first-order valence-corrected chi connectivity index (χ1v) is 8.08. The summed E-state index contributed by atoms with van der Waals surface area (Å²) < 4.78 is 27.2. The average molecular weight is 299 g/mol. The maximum Gasteiger partial charge on any atom is 0.268 e. The lowest BCUT2D eigenvalue weighted by atomic mass is 10.1. The molecule has 2 rings (SSSR count). The summed E-state index contributed by atoms with van der Waals surface area (Å²) in [4.78, 5) is 12.2. The van der Waals surface area contributed by atoms with Crippen molar-refractivity contribution in [1.82, 2.24) is 14.5 Å². The van der Waals surface area contributed by atoms with Gasteiger partial charge in [0, 0.05) is 5.69 Å². The molecule has 0 unspecified atom stereocenters. The van der Waals surface area contributed by atoms with Gasteiger partial charge in [-0.15, -0.1) is 0 Å². The zero-order chi connectivity index (χ0) is 15.3. The minimum atomic E-state index is -3.61. The van der Waals surface area contributed by atoms with Gasteiger partial charge in [-0.25, -0.2) is 13.1 Å². The van der Waals surface area contributed by atoms with E-state index < -0.39 is 20.7 Å². The highest BCUT2D eigenvalue weighted by atomic mass is 32.2. The molecule has 1 aromatic heterocycles. The standard InChI is InChI=1S/C13H21N3O3S/c1-9-10(8-14-16(9)12(2,3)4)11(17)15-20(18,19)13(5)6-7-13/h8H,6-7H2,1-5H3,(H,15,17). The molecule has 1 amide bonds. The number of amides is 1. The van der Waals surface area contributed by atoms with Crippen LogP contribution < -0.4 is 4.72 Å². The second kappa shape index (κ2) is 4.31. The smallest absolute Gasteiger partial charge is 0.268 e. The summed E-state index contributed by atoms with van der Waals surface area (Å²) in [7, 11) is -3.61. The van der Waals surface area contributed by atoms with Gasteiger partial charge in [0.25, 0.3) is 5.91 Å². The summed E-state index contributed by atoms with van der Waals surface area (Å²) in [6.07, 6.45) is 2.60. The van der Waals surface area contributed by atoms with Crippen LogP contribution in [0.3, 0.4) is 0 Å². The van der Waals surface area contributed by atoms with Crippen LogP contribution in [-0.2, 0) is 15.6 Å². The van der Waals surface area contributed by atoms with Crippen molar-refractivity contribution in [3.63, 3.8) is 0 Å². The average Bonchev–Trinajstić information content (AvgIpc) is 2.88. The van der Waals surface area contributed by atoms with E-state index in [-0.39, 0.29) is 5.54 Å². The monoisotopic (exact) mass is 299 g/mol. The molecule has 112 valence electrons. The molecule has 1 aliphatic carbocycles. The van der Waals surface area contributed by atoms with Crippen LogP contribution >= 0.6 is 0 Å². The van der Waals surface area contributed by atoms with Gasteiger partial charge in [-0.1, -0.05) is 0 Å². The summed E-state index contributed by atoms with van der Waals surface area (Å²) in [5.41, 5.74) is 0.697. The second-order valence-corrected chi connectivity index (χ2v) is 8.81. The zero-order valence-electron chi connectivity index (χ0n) is 12.5. The predicted octanol–water partition coefficient (Wildman–Crippen LogP) is 1.56. The Kier molecular flexibility index (Phi) is 3.24. The number of nitrogens with zero attached hydrogens (tertiary/aromatic N) is 2. The van der Waals surface area contributed by atoms with E-state index in [2.05, 4.69) is 9.82 Å². The Morgan fingerprint density at radius 1 is 1.40 bits per heavy atom. The molecule has 0 atom stereocenters. The first-order valence-electron chi connectivity index (χ1n) is 6.60. The Morgan fingerprint density at radius 3 is 2.35 bits per heavy atom. The summed E-state index contributed by atoms with van der Waals surface area (Å²) in [6, 6.07) is 0. The summed E-state index contributed by atoms with van der Waals surface area (Å²) in [6.45, 7) is 9.32. The molecule has 1 saturated carbocycles. The lowest BCUT2D eigenvalue weighted by Gasteiger charge is -2.21. The van der Waals surface area contributed by atoms with Crippen molar-refractivity contribution in [1.29, 1.82) is 0 Å². The van der Waals surface area contributed by atoms with Crippen LogP contribution in [-0.4, -0.2) is 28.9 Å². The molecule has 0 aromatic carbocycles. The van der Waals surface area contributed by atoms with E-state index in [1.807, 2.05) is 20.8 Å². The highest BCUT2D eigenvalue weighted by Gasteiger charge is 2.51. The Hall–Kier alpha value is -1.37. The molecule has 1 N–H and O–H groups in total. The van der Waals surface area contributed by atoms with E-state index >= 15 is 0 Å². The highest BCUT2D eigenvalue weighted by Crippen LogP contribution is 2.42. The number of hydrogen-bond acceptors (Lipinski definition) is 4. The minimum absolute atomic E-state index is 0.260. The summed E-state index contributed by atoms with van der Waals surface area (Å²) >= 11 is 0. The number of carbonyl (C=O) groups is 1. The van der Waals surface area contributed by atoms with Gasteiger partial charge >= 0.3 is 0 Å². The SMILES string of the molecule is Cc1c(C(=O)NS(=O)(=O)C2(C)CC2)cnn1C(C)(C)C. The Labute approximate surface area is 119 Å². The molecule has 6 nitrogen and oxygen atoms in total. The molecule has 1 aromatic rings. The van der Waals surface area contributed by atoms with Gasteiger partial charge in [-0.2, -0.15) is 5.10 Å². The molecule has 0 saturated heterocycles. The van der Waals surface area contributed by atoms with Gasteiger partial charge in [-0.05, 0) is 47.5 Å². The fraction of sp³-hybridized carbons (Fsp3) is 0.692. The van der Waals surface area contributed by atoms with E-state index in [1.54, 1.807) is 18.5 Å². The lowest BCUT2D eigenvalue weighted by Crippen LogP contribution is -2.38. The number of nitrogens with one attached hydrogen (secondary N) is 1. The molecule has 0 radical (unpaired) electrons. The molecule has 20 heavy (non-hydrogen) atoms. The third kappa shape index (κ3) is 2.46. The van der Waals surface area contributed by atoms with E-state index in [9.17, 15) is 13.2 Å². The number of hydrogen-bond donors (Lipinski definition) is 1. The van der Waals surface area contributed by atoms with Crippen molar-refractivity contribution in [2.45, 2.75) is 57.7 Å². The van der Waals surface area contributed by atoms with Crippen LogP contribution in [0.25, 0.3) is 0 Å². The lowest BCUT2D eigenvalue weighted by molar-refractivity contribution is 0.0980. The number of aromatic nitrogens is 2. The molecule has 7 heteroatoms. The van der Waals surface area contributed by atoms with Crippen LogP contribution in [0.4, 0.5) is 0 Å². The van der Waals surface area contributed by atoms with Crippen molar-refractivity contribution in [2.24, 2.45) is 0 Å². The van der Waals surface area contributed by atoms with Gasteiger partial charge in [0.1, 0.15) is 0 Å². The molecule has 1 heterocycles. The van der Waals surface area contributed by atoms with Crippen molar-refractivity contribution in [3.05, 3.63) is 17.5 Å². The molecule has 0 spiro atoms. The summed E-state index contributed by atoms with van der Waals surface area (Å²) in [5.74, 6) is -0.605. The van der Waals surface area contributed by atoms with E-state index in [0.717, 1.165) is 0 Å². The molecular weight excluding hydrogens is 278 g/mol. The maximum absolute atomic E-state index is 12.2. The van der Waals surface area contributed by atoms with E-state index in [4.69, 9.17) is 0 Å². The Bertz CT molecular complexity index is 649. The van der Waals surface area contributed by atoms with Crippen LogP contribution in [0.2, 0.25) is 0 Å². The zero-order valence-corrected chi connectivity index (χ0v) is 13.3. The number of rotatable bonds is 3. The second-order valence-electron chi connectivity index (χ2n) is 6.61. The third-order valence-corrected chi connectivity index (χ3v) is 5.88. The van der Waals surface area contributed by atoms with Crippen molar-refractivity contribution in [2.75, 3.05) is 0 Å².